The fourth-order valence-corrected chi connectivity index (χ4v) is 1.52. The zero-order chi connectivity index (χ0) is 13.0. The number of nitrogens with zero attached hydrogens (tertiary/aromatic N) is 1. The molecule has 90 valence electrons. The van der Waals surface area contributed by atoms with Crippen LogP contribution in [0.5, 0.6) is 0 Å². The summed E-state index contributed by atoms with van der Waals surface area (Å²) in [4.78, 5) is 0. The molecular weight excluding hydrogens is 234 g/mol. The molecule has 0 fully saturated rings. The van der Waals surface area contributed by atoms with Crippen molar-refractivity contribution in [1.82, 2.24) is 0 Å². The SMILES string of the molecule is N#Cc1ccc(NCc2ccc(F)c(F)c2)cc1. The number of halogens is 2. The van der Waals surface area contributed by atoms with Gasteiger partial charge in [0.25, 0.3) is 0 Å². The first-order valence-electron chi connectivity index (χ1n) is 5.37. The van der Waals surface area contributed by atoms with Crippen LogP contribution in [-0.2, 0) is 6.54 Å². The average Bonchev–Trinajstić information content (AvgIpc) is 2.41. The second kappa shape index (κ2) is 5.28. The van der Waals surface area contributed by atoms with Crippen LogP contribution >= 0.6 is 0 Å². The lowest BCUT2D eigenvalue weighted by atomic mass is 10.2. The molecule has 2 rings (SSSR count). The van der Waals surface area contributed by atoms with Crippen LogP contribution in [0.2, 0.25) is 0 Å². The monoisotopic (exact) mass is 244 g/mol. The van der Waals surface area contributed by atoms with Gasteiger partial charge in [0.15, 0.2) is 11.6 Å². The minimum atomic E-state index is -0.853. The molecule has 0 spiro atoms. The number of rotatable bonds is 3. The maximum Gasteiger partial charge on any atom is 0.159 e. The first-order valence-corrected chi connectivity index (χ1v) is 5.37. The van der Waals surface area contributed by atoms with Gasteiger partial charge in [0.2, 0.25) is 0 Å². The van der Waals surface area contributed by atoms with Crippen molar-refractivity contribution in [3.05, 3.63) is 65.2 Å². The molecule has 0 aromatic heterocycles. The van der Waals surface area contributed by atoms with E-state index in [0.29, 0.717) is 17.7 Å². The number of benzene rings is 2. The molecule has 0 aliphatic rings. The molecule has 0 heterocycles. The highest BCUT2D eigenvalue weighted by Gasteiger charge is 2.02. The molecule has 2 aromatic rings. The molecule has 0 unspecified atom stereocenters. The largest absolute Gasteiger partial charge is 0.381 e. The molecule has 0 amide bonds. The Balaban J connectivity index is 2.02. The molecule has 4 heteroatoms. The molecular formula is C14H10F2N2. The molecule has 2 nitrogen and oxygen atoms in total. The van der Waals surface area contributed by atoms with Crippen molar-refractivity contribution in [2.45, 2.75) is 6.54 Å². The molecule has 0 saturated carbocycles. The molecule has 18 heavy (non-hydrogen) atoms. The Morgan fingerprint density at radius 3 is 2.33 bits per heavy atom. The van der Waals surface area contributed by atoms with E-state index in [-0.39, 0.29) is 0 Å². The topological polar surface area (TPSA) is 35.8 Å². The maximum atomic E-state index is 13.0. The van der Waals surface area contributed by atoms with Crippen LogP contribution in [0, 0.1) is 23.0 Å². The summed E-state index contributed by atoms with van der Waals surface area (Å²) < 4.78 is 25.7. The van der Waals surface area contributed by atoms with Crippen LogP contribution in [0.25, 0.3) is 0 Å². The lowest BCUT2D eigenvalue weighted by Crippen LogP contribution is -2.00. The van der Waals surface area contributed by atoms with Crippen LogP contribution in [0.15, 0.2) is 42.5 Å². The lowest BCUT2D eigenvalue weighted by Gasteiger charge is -2.06. The lowest BCUT2D eigenvalue weighted by molar-refractivity contribution is 0.507. The van der Waals surface area contributed by atoms with Gasteiger partial charge < -0.3 is 5.32 Å². The Hall–Kier alpha value is -2.41. The third-order valence-corrected chi connectivity index (χ3v) is 2.49. The van der Waals surface area contributed by atoms with Gasteiger partial charge >= 0.3 is 0 Å². The van der Waals surface area contributed by atoms with E-state index < -0.39 is 11.6 Å². The average molecular weight is 244 g/mol. The zero-order valence-corrected chi connectivity index (χ0v) is 9.45. The smallest absolute Gasteiger partial charge is 0.159 e. The highest BCUT2D eigenvalue weighted by molar-refractivity contribution is 5.47. The van der Waals surface area contributed by atoms with Gasteiger partial charge in [-0.1, -0.05) is 6.07 Å². The summed E-state index contributed by atoms with van der Waals surface area (Å²) in [5.41, 5.74) is 2.05. The van der Waals surface area contributed by atoms with Gasteiger partial charge in [0.05, 0.1) is 11.6 Å². The third kappa shape index (κ3) is 2.83. The summed E-state index contributed by atoms with van der Waals surface area (Å²) in [6.45, 7) is 0.392. The fourth-order valence-electron chi connectivity index (χ4n) is 1.52. The highest BCUT2D eigenvalue weighted by atomic mass is 19.2. The Morgan fingerprint density at radius 2 is 1.72 bits per heavy atom. The summed E-state index contributed by atoms with van der Waals surface area (Å²) in [6.07, 6.45) is 0. The molecule has 2 aromatic carbocycles. The van der Waals surface area contributed by atoms with Crippen molar-refractivity contribution >= 4 is 5.69 Å². The van der Waals surface area contributed by atoms with Gasteiger partial charge in [-0.3, -0.25) is 0 Å². The van der Waals surface area contributed by atoms with Gasteiger partial charge in [0.1, 0.15) is 0 Å². The standard InChI is InChI=1S/C14H10F2N2/c15-13-6-3-11(7-14(13)16)9-18-12-4-1-10(8-17)2-5-12/h1-7,18H,9H2. The summed E-state index contributed by atoms with van der Waals surface area (Å²) in [6, 6.07) is 12.7. The Kier molecular flexibility index (Phi) is 3.54. The van der Waals surface area contributed by atoms with Gasteiger partial charge in [-0.25, -0.2) is 8.78 Å². The molecule has 0 saturated heterocycles. The molecule has 0 aliphatic carbocycles. The number of hydrogen-bond acceptors (Lipinski definition) is 2. The van der Waals surface area contributed by atoms with E-state index in [9.17, 15) is 8.78 Å². The quantitative estimate of drug-likeness (QED) is 0.897. The minimum absolute atomic E-state index is 0.392. The number of nitrogens with one attached hydrogen (secondary N) is 1. The van der Waals surface area contributed by atoms with Crippen molar-refractivity contribution in [2.24, 2.45) is 0 Å². The van der Waals surface area contributed by atoms with E-state index in [1.807, 2.05) is 6.07 Å². The molecule has 0 atom stereocenters. The van der Waals surface area contributed by atoms with Crippen LogP contribution < -0.4 is 5.32 Å². The summed E-state index contributed by atoms with van der Waals surface area (Å²) in [5, 5.41) is 11.7. The third-order valence-electron chi connectivity index (χ3n) is 2.49. The predicted molar refractivity (Wildman–Crippen MR) is 64.8 cm³/mol. The van der Waals surface area contributed by atoms with E-state index in [1.54, 1.807) is 24.3 Å². The van der Waals surface area contributed by atoms with Crippen molar-refractivity contribution in [3.8, 4) is 6.07 Å². The second-order valence-corrected chi connectivity index (χ2v) is 3.79. The van der Waals surface area contributed by atoms with Crippen molar-refractivity contribution in [2.75, 3.05) is 5.32 Å². The Morgan fingerprint density at radius 1 is 1.00 bits per heavy atom. The van der Waals surface area contributed by atoms with E-state index in [2.05, 4.69) is 5.32 Å². The van der Waals surface area contributed by atoms with Crippen molar-refractivity contribution in [1.29, 1.82) is 5.26 Å². The van der Waals surface area contributed by atoms with Crippen LogP contribution in [-0.4, -0.2) is 0 Å². The number of hydrogen-bond donors (Lipinski definition) is 1. The van der Waals surface area contributed by atoms with Crippen LogP contribution in [0.3, 0.4) is 0 Å². The van der Waals surface area contributed by atoms with Gasteiger partial charge in [-0.15, -0.1) is 0 Å². The summed E-state index contributed by atoms with van der Waals surface area (Å²) in [7, 11) is 0. The predicted octanol–water partition coefficient (Wildman–Crippen LogP) is 3.45. The molecule has 0 radical (unpaired) electrons. The summed E-state index contributed by atoms with van der Waals surface area (Å²) in [5.74, 6) is -1.70. The molecule has 1 N–H and O–H groups in total. The highest BCUT2D eigenvalue weighted by Crippen LogP contribution is 2.13. The normalized spacial score (nSPS) is 9.83. The zero-order valence-electron chi connectivity index (χ0n) is 9.45. The van der Waals surface area contributed by atoms with E-state index in [4.69, 9.17) is 5.26 Å². The second-order valence-electron chi connectivity index (χ2n) is 3.79. The maximum absolute atomic E-state index is 13.0. The van der Waals surface area contributed by atoms with Crippen LogP contribution in [0.4, 0.5) is 14.5 Å². The summed E-state index contributed by atoms with van der Waals surface area (Å²) >= 11 is 0. The number of nitriles is 1. The van der Waals surface area contributed by atoms with Gasteiger partial charge in [-0.05, 0) is 42.0 Å². The Labute approximate surface area is 103 Å². The first kappa shape index (κ1) is 12.1. The first-order chi connectivity index (χ1) is 8.69. The van der Waals surface area contributed by atoms with E-state index in [0.717, 1.165) is 17.8 Å². The molecule has 0 bridgehead atoms. The fraction of sp³-hybridized carbons (Fsp3) is 0.0714. The van der Waals surface area contributed by atoms with E-state index in [1.165, 1.54) is 6.07 Å². The van der Waals surface area contributed by atoms with E-state index >= 15 is 0 Å². The van der Waals surface area contributed by atoms with Crippen molar-refractivity contribution in [3.63, 3.8) is 0 Å². The van der Waals surface area contributed by atoms with Gasteiger partial charge in [0, 0.05) is 12.2 Å². The van der Waals surface area contributed by atoms with Crippen molar-refractivity contribution < 1.29 is 8.78 Å². The Bertz CT molecular complexity index is 586. The molecule has 0 aliphatic heterocycles. The van der Waals surface area contributed by atoms with Gasteiger partial charge in [-0.2, -0.15) is 5.26 Å². The minimum Gasteiger partial charge on any atom is -0.381 e. The number of anilines is 1. The van der Waals surface area contributed by atoms with Crippen LogP contribution in [0.1, 0.15) is 11.1 Å².